The minimum atomic E-state index is -0.422. The number of hydrogen-bond acceptors (Lipinski definition) is 4. The van der Waals surface area contributed by atoms with Crippen LogP contribution in [0.1, 0.15) is 52.6 Å². The van der Waals surface area contributed by atoms with Crippen molar-refractivity contribution in [3.05, 3.63) is 100 Å². The average molecular weight is 435 g/mol. The lowest BCUT2D eigenvalue weighted by Crippen LogP contribution is -2.17. The zero-order valence-electron chi connectivity index (χ0n) is 17.6. The molecule has 0 aromatic heterocycles. The van der Waals surface area contributed by atoms with Gasteiger partial charge in [0.05, 0.1) is 22.4 Å². The summed E-state index contributed by atoms with van der Waals surface area (Å²) < 4.78 is 5.43. The largest absolute Gasteiger partial charge is 0.423 e. The molecule has 6 heteroatoms. The molecule has 0 bridgehead atoms. The molecular formula is C25H23ClN2O3. The molecule has 158 valence electrons. The summed E-state index contributed by atoms with van der Waals surface area (Å²) in [4.78, 5) is 24.4. The van der Waals surface area contributed by atoms with Gasteiger partial charge in [-0.05, 0) is 65.1 Å². The summed E-state index contributed by atoms with van der Waals surface area (Å²) in [6.07, 6.45) is 1.49. The first-order valence-electron chi connectivity index (χ1n) is 9.75. The molecule has 31 heavy (non-hydrogen) atoms. The van der Waals surface area contributed by atoms with E-state index in [2.05, 4.69) is 31.3 Å². The normalized spacial score (nSPS) is 11.4. The Morgan fingerprint density at radius 3 is 2.19 bits per heavy atom. The van der Waals surface area contributed by atoms with E-state index in [0.29, 0.717) is 21.9 Å². The van der Waals surface area contributed by atoms with Gasteiger partial charge in [0.2, 0.25) is 0 Å². The highest BCUT2D eigenvalue weighted by atomic mass is 35.5. The molecule has 0 saturated carbocycles. The van der Waals surface area contributed by atoms with Crippen LogP contribution in [0, 0.1) is 0 Å². The van der Waals surface area contributed by atoms with Crippen LogP contribution in [0.4, 0.5) is 0 Å². The molecule has 0 aliphatic heterocycles. The third kappa shape index (κ3) is 6.03. The number of carbonyl (C=O) groups is 2. The lowest BCUT2D eigenvalue weighted by atomic mass is 9.87. The van der Waals surface area contributed by atoms with E-state index in [4.69, 9.17) is 16.3 Å². The number of amides is 1. The summed E-state index contributed by atoms with van der Waals surface area (Å²) in [5.74, 6) is -0.402. The lowest BCUT2D eigenvalue weighted by molar-refractivity contribution is 0.0734. The van der Waals surface area contributed by atoms with Crippen LogP contribution in [-0.2, 0) is 5.41 Å². The molecule has 1 amide bonds. The molecule has 0 aliphatic rings. The van der Waals surface area contributed by atoms with Crippen LogP contribution in [-0.4, -0.2) is 18.1 Å². The molecule has 0 radical (unpaired) electrons. The predicted molar refractivity (Wildman–Crippen MR) is 123 cm³/mol. The van der Waals surface area contributed by atoms with Gasteiger partial charge in [0, 0.05) is 0 Å². The third-order valence-corrected chi connectivity index (χ3v) is 4.91. The Bertz CT molecular complexity index is 1100. The van der Waals surface area contributed by atoms with Crippen molar-refractivity contribution in [2.24, 2.45) is 5.10 Å². The third-order valence-electron chi connectivity index (χ3n) is 4.58. The minimum Gasteiger partial charge on any atom is -0.423 e. The molecule has 3 aromatic carbocycles. The van der Waals surface area contributed by atoms with Gasteiger partial charge in [-0.3, -0.25) is 4.79 Å². The van der Waals surface area contributed by atoms with Crippen molar-refractivity contribution >= 4 is 29.7 Å². The Morgan fingerprint density at radius 2 is 1.58 bits per heavy atom. The van der Waals surface area contributed by atoms with Crippen molar-refractivity contribution in [3.8, 4) is 5.75 Å². The van der Waals surface area contributed by atoms with Crippen LogP contribution in [0.25, 0.3) is 0 Å². The van der Waals surface area contributed by atoms with E-state index in [-0.39, 0.29) is 5.41 Å². The Balaban J connectivity index is 1.57. The van der Waals surface area contributed by atoms with Crippen LogP contribution < -0.4 is 10.2 Å². The summed E-state index contributed by atoms with van der Waals surface area (Å²) in [6, 6.07) is 20.9. The second kappa shape index (κ2) is 9.58. The summed E-state index contributed by atoms with van der Waals surface area (Å²) in [5.41, 5.74) is 5.16. The minimum absolute atomic E-state index is 0.0205. The molecule has 0 unspecified atom stereocenters. The molecule has 3 rings (SSSR count). The fraction of sp³-hybridized carbons (Fsp3) is 0.160. The van der Waals surface area contributed by atoms with Crippen LogP contribution in [0.15, 0.2) is 77.9 Å². The average Bonchev–Trinajstić information content (AvgIpc) is 2.74. The molecule has 0 saturated heterocycles. The van der Waals surface area contributed by atoms with Gasteiger partial charge in [-0.1, -0.05) is 56.6 Å². The number of carbonyl (C=O) groups excluding carboxylic acids is 2. The number of nitrogens with zero attached hydrogens (tertiary/aromatic N) is 1. The molecule has 0 atom stereocenters. The van der Waals surface area contributed by atoms with Crippen LogP contribution in [0.2, 0.25) is 5.02 Å². The van der Waals surface area contributed by atoms with E-state index < -0.39 is 11.9 Å². The van der Waals surface area contributed by atoms with Gasteiger partial charge in [0.25, 0.3) is 5.91 Å². The first-order valence-corrected chi connectivity index (χ1v) is 10.1. The fourth-order valence-electron chi connectivity index (χ4n) is 2.77. The number of halogens is 1. The molecule has 3 aromatic rings. The standard InChI is InChI=1S/C25H23ClN2O3/c1-25(2,3)19-12-10-18(11-13-19)24(30)31-20-14-8-17(9-15-20)16-27-28-23(29)21-6-4-5-7-22(21)26/h4-16H,1-3H3,(H,28,29)/b27-16-. The predicted octanol–water partition coefficient (Wildman–Crippen LogP) is 5.62. The quantitative estimate of drug-likeness (QED) is 0.245. The first-order chi connectivity index (χ1) is 14.7. The van der Waals surface area contributed by atoms with Crippen LogP contribution in [0.3, 0.4) is 0 Å². The van der Waals surface area contributed by atoms with E-state index in [1.807, 2.05) is 12.1 Å². The maximum absolute atomic E-state index is 12.4. The van der Waals surface area contributed by atoms with Crippen molar-refractivity contribution in [2.45, 2.75) is 26.2 Å². The number of esters is 1. The summed E-state index contributed by atoms with van der Waals surface area (Å²) >= 11 is 5.99. The second-order valence-corrected chi connectivity index (χ2v) is 8.37. The number of rotatable bonds is 5. The topological polar surface area (TPSA) is 67.8 Å². The Morgan fingerprint density at radius 1 is 0.935 bits per heavy atom. The molecular weight excluding hydrogens is 412 g/mol. The first kappa shape index (κ1) is 22.2. The van der Waals surface area contributed by atoms with E-state index in [1.54, 1.807) is 60.7 Å². The van der Waals surface area contributed by atoms with Gasteiger partial charge in [-0.15, -0.1) is 0 Å². The van der Waals surface area contributed by atoms with E-state index in [0.717, 1.165) is 11.1 Å². The van der Waals surface area contributed by atoms with Crippen molar-refractivity contribution in [2.75, 3.05) is 0 Å². The summed E-state index contributed by atoms with van der Waals surface area (Å²) in [7, 11) is 0. The van der Waals surface area contributed by atoms with Crippen molar-refractivity contribution in [1.82, 2.24) is 5.43 Å². The van der Waals surface area contributed by atoms with E-state index in [1.165, 1.54) is 6.21 Å². The lowest BCUT2D eigenvalue weighted by Gasteiger charge is -2.18. The molecule has 0 heterocycles. The molecule has 0 aliphatic carbocycles. The van der Waals surface area contributed by atoms with Crippen LogP contribution >= 0.6 is 11.6 Å². The molecule has 1 N–H and O–H groups in total. The van der Waals surface area contributed by atoms with Gasteiger partial charge < -0.3 is 4.74 Å². The van der Waals surface area contributed by atoms with Crippen molar-refractivity contribution < 1.29 is 14.3 Å². The van der Waals surface area contributed by atoms with Gasteiger partial charge in [-0.2, -0.15) is 5.10 Å². The van der Waals surface area contributed by atoms with Crippen LogP contribution in [0.5, 0.6) is 5.75 Å². The van der Waals surface area contributed by atoms with E-state index in [9.17, 15) is 9.59 Å². The Hall–Kier alpha value is -3.44. The zero-order valence-corrected chi connectivity index (χ0v) is 18.3. The molecule has 0 fully saturated rings. The highest BCUT2D eigenvalue weighted by Gasteiger charge is 2.15. The summed E-state index contributed by atoms with van der Waals surface area (Å²) in [5, 5.41) is 4.29. The van der Waals surface area contributed by atoms with Gasteiger partial charge >= 0.3 is 5.97 Å². The Kier molecular flexibility index (Phi) is 6.88. The fourth-order valence-corrected chi connectivity index (χ4v) is 2.99. The van der Waals surface area contributed by atoms with Gasteiger partial charge in [-0.25, -0.2) is 10.2 Å². The highest BCUT2D eigenvalue weighted by Crippen LogP contribution is 2.23. The van der Waals surface area contributed by atoms with E-state index >= 15 is 0 Å². The van der Waals surface area contributed by atoms with Gasteiger partial charge in [0.1, 0.15) is 5.75 Å². The Labute approximate surface area is 186 Å². The SMILES string of the molecule is CC(C)(C)c1ccc(C(=O)Oc2ccc(/C=N\NC(=O)c3ccccc3Cl)cc2)cc1. The monoisotopic (exact) mass is 434 g/mol. The smallest absolute Gasteiger partial charge is 0.343 e. The number of nitrogens with one attached hydrogen (secondary N) is 1. The molecule has 5 nitrogen and oxygen atoms in total. The van der Waals surface area contributed by atoms with Crippen molar-refractivity contribution in [3.63, 3.8) is 0 Å². The number of benzene rings is 3. The second-order valence-electron chi connectivity index (χ2n) is 7.96. The maximum Gasteiger partial charge on any atom is 0.343 e. The maximum atomic E-state index is 12.4. The highest BCUT2D eigenvalue weighted by molar-refractivity contribution is 6.33. The van der Waals surface area contributed by atoms with Crippen molar-refractivity contribution in [1.29, 1.82) is 0 Å². The number of hydrazone groups is 1. The summed E-state index contributed by atoms with van der Waals surface area (Å²) in [6.45, 7) is 6.36. The molecule has 0 spiro atoms. The number of ether oxygens (including phenoxy) is 1. The zero-order chi connectivity index (χ0) is 22.4. The number of hydrogen-bond donors (Lipinski definition) is 1. The van der Waals surface area contributed by atoms with Gasteiger partial charge in [0.15, 0.2) is 0 Å².